The third kappa shape index (κ3) is 2.93. The van der Waals surface area contributed by atoms with Crippen molar-refractivity contribution in [2.75, 3.05) is 0 Å². The van der Waals surface area contributed by atoms with Crippen LogP contribution >= 0.6 is 15.9 Å². The number of halogens is 1. The summed E-state index contributed by atoms with van der Waals surface area (Å²) in [7, 11) is 0. The van der Waals surface area contributed by atoms with E-state index in [1.54, 1.807) is 18.3 Å². The number of carboxylic acids is 1. The van der Waals surface area contributed by atoms with E-state index in [4.69, 9.17) is 10.2 Å². The normalized spacial score (nSPS) is 10.6. The maximum atomic E-state index is 10.5. The molecule has 94 valence electrons. The predicted octanol–water partition coefficient (Wildman–Crippen LogP) is 1.28. The molecule has 0 radical (unpaired) electrons. The topological polar surface area (TPSA) is 88.2 Å². The van der Waals surface area contributed by atoms with Crippen molar-refractivity contribution in [2.45, 2.75) is 13.2 Å². The van der Waals surface area contributed by atoms with Gasteiger partial charge in [0, 0.05) is 10.0 Å². The molecule has 0 unspecified atom stereocenters. The van der Waals surface area contributed by atoms with Crippen molar-refractivity contribution in [1.82, 2.24) is 15.0 Å². The van der Waals surface area contributed by atoms with E-state index in [0.29, 0.717) is 5.69 Å². The van der Waals surface area contributed by atoms with Crippen LogP contribution in [0.15, 0.2) is 28.9 Å². The summed E-state index contributed by atoms with van der Waals surface area (Å²) in [6.45, 7) is -0.302. The van der Waals surface area contributed by atoms with Gasteiger partial charge in [0.05, 0.1) is 12.8 Å². The second-order valence-electron chi connectivity index (χ2n) is 3.70. The minimum atomic E-state index is -0.975. The molecule has 0 atom stereocenters. The molecule has 0 aliphatic heterocycles. The number of carboxylic acid groups (broad SMARTS) is 1. The minimum Gasteiger partial charge on any atom is -0.480 e. The first kappa shape index (κ1) is 12.7. The summed E-state index contributed by atoms with van der Waals surface area (Å²) < 4.78 is 2.06. The molecule has 2 rings (SSSR count). The van der Waals surface area contributed by atoms with Crippen LogP contribution < -0.4 is 0 Å². The fourth-order valence-corrected chi connectivity index (χ4v) is 2.08. The van der Waals surface area contributed by atoms with Crippen molar-refractivity contribution in [3.8, 4) is 11.3 Å². The van der Waals surface area contributed by atoms with Gasteiger partial charge in [-0.2, -0.15) is 0 Å². The average Bonchev–Trinajstić information content (AvgIpc) is 2.75. The molecule has 7 heteroatoms. The van der Waals surface area contributed by atoms with Gasteiger partial charge in [0.2, 0.25) is 0 Å². The van der Waals surface area contributed by atoms with Crippen LogP contribution in [0.3, 0.4) is 0 Å². The SMILES string of the molecule is O=C(O)Cn1cc(-c2cc(Br)cc(CO)c2)nn1. The highest BCUT2D eigenvalue weighted by atomic mass is 79.9. The Balaban J connectivity index is 2.33. The van der Waals surface area contributed by atoms with E-state index in [1.165, 1.54) is 4.68 Å². The molecule has 1 aromatic heterocycles. The minimum absolute atomic E-state index is 0.0737. The fraction of sp³-hybridized carbons (Fsp3) is 0.182. The Morgan fingerprint density at radius 2 is 2.17 bits per heavy atom. The number of benzene rings is 1. The number of aliphatic hydroxyl groups is 1. The monoisotopic (exact) mass is 311 g/mol. The van der Waals surface area contributed by atoms with Crippen LogP contribution in [0.5, 0.6) is 0 Å². The first-order chi connectivity index (χ1) is 8.58. The predicted molar refractivity (Wildman–Crippen MR) is 66.7 cm³/mol. The summed E-state index contributed by atoms with van der Waals surface area (Å²) in [6.07, 6.45) is 1.55. The van der Waals surface area contributed by atoms with Gasteiger partial charge in [-0.05, 0) is 23.8 Å². The van der Waals surface area contributed by atoms with Crippen molar-refractivity contribution in [3.05, 3.63) is 34.4 Å². The van der Waals surface area contributed by atoms with Crippen LogP contribution in [-0.4, -0.2) is 31.2 Å². The first-order valence-electron chi connectivity index (χ1n) is 5.11. The number of aliphatic hydroxyl groups excluding tert-OH is 1. The summed E-state index contributed by atoms with van der Waals surface area (Å²) in [6, 6.07) is 5.40. The number of carbonyl (C=O) groups is 1. The molecule has 1 aromatic carbocycles. The van der Waals surface area contributed by atoms with Gasteiger partial charge in [-0.3, -0.25) is 4.79 Å². The third-order valence-corrected chi connectivity index (χ3v) is 2.73. The quantitative estimate of drug-likeness (QED) is 0.888. The van der Waals surface area contributed by atoms with E-state index in [1.807, 2.05) is 6.07 Å². The van der Waals surface area contributed by atoms with Gasteiger partial charge in [0.25, 0.3) is 0 Å². The van der Waals surface area contributed by atoms with E-state index < -0.39 is 5.97 Å². The van der Waals surface area contributed by atoms with Crippen LogP contribution in [0.1, 0.15) is 5.56 Å². The standard InChI is InChI=1S/C11H10BrN3O3/c12-9-2-7(6-16)1-8(3-9)10-4-15(14-13-10)5-11(17)18/h1-4,16H,5-6H2,(H,17,18). The zero-order valence-electron chi connectivity index (χ0n) is 9.25. The first-order valence-corrected chi connectivity index (χ1v) is 5.90. The molecule has 18 heavy (non-hydrogen) atoms. The number of hydrogen-bond acceptors (Lipinski definition) is 4. The Kier molecular flexibility index (Phi) is 3.73. The maximum Gasteiger partial charge on any atom is 0.325 e. The summed E-state index contributed by atoms with van der Waals surface area (Å²) in [5, 5.41) is 25.4. The molecule has 0 amide bonds. The van der Waals surface area contributed by atoms with E-state index in [2.05, 4.69) is 26.2 Å². The smallest absolute Gasteiger partial charge is 0.325 e. The van der Waals surface area contributed by atoms with E-state index in [9.17, 15) is 4.79 Å². The van der Waals surface area contributed by atoms with Crippen LogP contribution in [0.25, 0.3) is 11.3 Å². The molecule has 0 bridgehead atoms. The van der Waals surface area contributed by atoms with Crippen LogP contribution in [-0.2, 0) is 17.9 Å². The molecular formula is C11H10BrN3O3. The summed E-state index contributed by atoms with van der Waals surface area (Å²) in [4.78, 5) is 10.5. The van der Waals surface area contributed by atoms with Crippen molar-refractivity contribution in [3.63, 3.8) is 0 Å². The second-order valence-corrected chi connectivity index (χ2v) is 4.62. The number of rotatable bonds is 4. The Morgan fingerprint density at radius 3 is 2.83 bits per heavy atom. The van der Waals surface area contributed by atoms with Crippen molar-refractivity contribution < 1.29 is 15.0 Å². The number of nitrogens with zero attached hydrogens (tertiary/aromatic N) is 3. The Bertz CT molecular complexity index is 583. The molecule has 2 N–H and O–H groups in total. The van der Waals surface area contributed by atoms with Crippen molar-refractivity contribution in [2.24, 2.45) is 0 Å². The average molecular weight is 312 g/mol. The molecule has 0 saturated carbocycles. The van der Waals surface area contributed by atoms with E-state index >= 15 is 0 Å². The zero-order chi connectivity index (χ0) is 13.1. The summed E-state index contributed by atoms with van der Waals surface area (Å²) in [5.41, 5.74) is 2.07. The highest BCUT2D eigenvalue weighted by Crippen LogP contribution is 2.23. The molecule has 2 aromatic rings. The van der Waals surface area contributed by atoms with Gasteiger partial charge in [0.1, 0.15) is 12.2 Å². The molecule has 0 aliphatic carbocycles. The highest BCUT2D eigenvalue weighted by Gasteiger charge is 2.08. The highest BCUT2D eigenvalue weighted by molar-refractivity contribution is 9.10. The number of aliphatic carboxylic acids is 1. The number of aromatic nitrogens is 3. The second kappa shape index (κ2) is 5.28. The fourth-order valence-electron chi connectivity index (χ4n) is 1.54. The lowest BCUT2D eigenvalue weighted by atomic mass is 10.1. The lowest BCUT2D eigenvalue weighted by Gasteiger charge is -2.01. The van der Waals surface area contributed by atoms with Gasteiger partial charge in [-0.15, -0.1) is 5.10 Å². The summed E-state index contributed by atoms with van der Waals surface area (Å²) in [5.74, 6) is -0.975. The lowest BCUT2D eigenvalue weighted by Crippen LogP contribution is -2.08. The van der Waals surface area contributed by atoms with Gasteiger partial charge in [-0.25, -0.2) is 4.68 Å². The molecule has 0 fully saturated rings. The molecular weight excluding hydrogens is 302 g/mol. The van der Waals surface area contributed by atoms with E-state index in [-0.39, 0.29) is 13.2 Å². The Hall–Kier alpha value is -1.73. The largest absolute Gasteiger partial charge is 0.480 e. The Morgan fingerprint density at radius 1 is 1.39 bits per heavy atom. The zero-order valence-corrected chi connectivity index (χ0v) is 10.8. The van der Waals surface area contributed by atoms with Crippen LogP contribution in [0, 0.1) is 0 Å². The van der Waals surface area contributed by atoms with E-state index in [0.717, 1.165) is 15.6 Å². The lowest BCUT2D eigenvalue weighted by molar-refractivity contribution is -0.137. The third-order valence-electron chi connectivity index (χ3n) is 2.27. The molecule has 0 saturated heterocycles. The van der Waals surface area contributed by atoms with Crippen molar-refractivity contribution >= 4 is 21.9 Å². The number of hydrogen-bond donors (Lipinski definition) is 2. The van der Waals surface area contributed by atoms with Gasteiger partial charge >= 0.3 is 5.97 Å². The molecule has 0 aliphatic rings. The van der Waals surface area contributed by atoms with Gasteiger partial charge in [-0.1, -0.05) is 21.1 Å². The Labute approximate surface area is 111 Å². The molecule has 0 spiro atoms. The molecule has 6 nitrogen and oxygen atoms in total. The maximum absolute atomic E-state index is 10.5. The van der Waals surface area contributed by atoms with Crippen LogP contribution in [0.4, 0.5) is 0 Å². The van der Waals surface area contributed by atoms with Gasteiger partial charge in [0.15, 0.2) is 0 Å². The molecule has 1 heterocycles. The van der Waals surface area contributed by atoms with Gasteiger partial charge < -0.3 is 10.2 Å². The summed E-state index contributed by atoms with van der Waals surface area (Å²) >= 11 is 3.34. The van der Waals surface area contributed by atoms with Crippen molar-refractivity contribution in [1.29, 1.82) is 0 Å². The van der Waals surface area contributed by atoms with Crippen LogP contribution in [0.2, 0.25) is 0 Å².